The molecule has 1 N–H and O–H groups in total. The lowest BCUT2D eigenvalue weighted by atomic mass is 9.49. The Morgan fingerprint density at radius 1 is 1.07 bits per heavy atom. The standard InChI is InChI=1S/C29H48O/c1-7-21(19(2)3)9-8-20(4)25-12-13-26-24-11-10-22-18-23(30)14-16-28(22,5)27(24)15-17-29(25,26)6/h7,19-20,22-23,25,27,30H,8-18H2,1-6H3/b21-7+/t20-,22?,23+,25-,27+,28+,29-/m1/s1. The molecule has 7 atom stereocenters. The fourth-order valence-corrected chi connectivity index (χ4v) is 8.78. The molecule has 4 aliphatic carbocycles. The van der Waals surface area contributed by atoms with Crippen LogP contribution in [0.15, 0.2) is 22.8 Å². The smallest absolute Gasteiger partial charge is 0.0543 e. The molecule has 0 saturated heterocycles. The predicted molar refractivity (Wildman–Crippen MR) is 128 cm³/mol. The SMILES string of the molecule is C/C=C(\CC[C@@H](C)[C@H]1CCC2=C3CCC4C[C@@H](O)CC[C@]4(C)[C@H]3CC[C@@]21C)C(C)C. The summed E-state index contributed by atoms with van der Waals surface area (Å²) in [6, 6.07) is 0. The van der Waals surface area contributed by atoms with Crippen LogP contribution < -0.4 is 0 Å². The Morgan fingerprint density at radius 2 is 1.83 bits per heavy atom. The third-order valence-electron chi connectivity index (χ3n) is 10.7. The molecular formula is C29H48O. The van der Waals surface area contributed by atoms with Crippen molar-refractivity contribution in [3.63, 3.8) is 0 Å². The van der Waals surface area contributed by atoms with Crippen LogP contribution in [0.3, 0.4) is 0 Å². The van der Waals surface area contributed by atoms with Gasteiger partial charge in [0, 0.05) is 0 Å². The molecule has 1 unspecified atom stereocenters. The summed E-state index contributed by atoms with van der Waals surface area (Å²) in [5.41, 5.74) is 6.40. The van der Waals surface area contributed by atoms with Crippen LogP contribution >= 0.6 is 0 Å². The quantitative estimate of drug-likeness (QED) is 0.452. The topological polar surface area (TPSA) is 20.2 Å². The zero-order valence-corrected chi connectivity index (χ0v) is 20.8. The van der Waals surface area contributed by atoms with Crippen molar-refractivity contribution in [2.45, 2.75) is 118 Å². The molecular weight excluding hydrogens is 364 g/mol. The minimum Gasteiger partial charge on any atom is -0.393 e. The lowest BCUT2D eigenvalue weighted by Gasteiger charge is -2.56. The van der Waals surface area contributed by atoms with Gasteiger partial charge in [0.1, 0.15) is 0 Å². The number of aliphatic hydroxyl groups is 1. The first kappa shape index (κ1) is 22.6. The summed E-state index contributed by atoms with van der Waals surface area (Å²) in [7, 11) is 0. The van der Waals surface area contributed by atoms with Gasteiger partial charge in [-0.3, -0.25) is 0 Å². The number of hydrogen-bond donors (Lipinski definition) is 1. The van der Waals surface area contributed by atoms with E-state index in [-0.39, 0.29) is 6.10 Å². The van der Waals surface area contributed by atoms with Gasteiger partial charge >= 0.3 is 0 Å². The fraction of sp³-hybridized carbons (Fsp3) is 0.862. The van der Waals surface area contributed by atoms with E-state index in [1.54, 1.807) is 5.57 Å². The zero-order valence-electron chi connectivity index (χ0n) is 20.8. The Labute approximate surface area is 186 Å². The Morgan fingerprint density at radius 3 is 2.53 bits per heavy atom. The van der Waals surface area contributed by atoms with Crippen molar-refractivity contribution in [1.82, 2.24) is 0 Å². The minimum atomic E-state index is -0.0317. The van der Waals surface area contributed by atoms with Crippen LogP contribution in [0.2, 0.25) is 0 Å². The molecule has 170 valence electrons. The molecule has 0 aliphatic heterocycles. The average Bonchev–Trinajstić information content (AvgIpc) is 3.06. The van der Waals surface area contributed by atoms with Crippen LogP contribution in [0.4, 0.5) is 0 Å². The van der Waals surface area contributed by atoms with Crippen molar-refractivity contribution in [3.8, 4) is 0 Å². The molecule has 4 rings (SSSR count). The van der Waals surface area contributed by atoms with Gasteiger partial charge < -0.3 is 5.11 Å². The van der Waals surface area contributed by atoms with Crippen LogP contribution in [0.25, 0.3) is 0 Å². The Kier molecular flexibility index (Phi) is 6.35. The second-order valence-corrected chi connectivity index (χ2v) is 12.4. The second kappa shape index (κ2) is 8.42. The van der Waals surface area contributed by atoms with Gasteiger partial charge in [0.05, 0.1) is 6.10 Å². The van der Waals surface area contributed by atoms with E-state index >= 15 is 0 Å². The van der Waals surface area contributed by atoms with Gasteiger partial charge in [-0.1, -0.05) is 57.4 Å². The molecule has 1 heteroatoms. The normalized spacial score (nSPS) is 42.7. The van der Waals surface area contributed by atoms with E-state index in [0.717, 1.165) is 36.5 Å². The van der Waals surface area contributed by atoms with E-state index in [1.807, 2.05) is 11.1 Å². The van der Waals surface area contributed by atoms with E-state index in [1.165, 1.54) is 57.8 Å². The second-order valence-electron chi connectivity index (χ2n) is 12.4. The summed E-state index contributed by atoms with van der Waals surface area (Å²) < 4.78 is 0. The van der Waals surface area contributed by atoms with Gasteiger partial charge in [-0.05, 0) is 118 Å². The van der Waals surface area contributed by atoms with Crippen LogP contribution in [-0.2, 0) is 0 Å². The molecule has 0 radical (unpaired) electrons. The third-order valence-corrected chi connectivity index (χ3v) is 10.7. The van der Waals surface area contributed by atoms with Crippen molar-refractivity contribution in [2.24, 2.45) is 40.4 Å². The van der Waals surface area contributed by atoms with Crippen molar-refractivity contribution in [2.75, 3.05) is 0 Å². The summed E-state index contributed by atoms with van der Waals surface area (Å²) >= 11 is 0. The van der Waals surface area contributed by atoms with Crippen LogP contribution in [0, 0.1) is 40.4 Å². The summed E-state index contributed by atoms with van der Waals surface area (Å²) in [5.74, 6) is 3.97. The van der Waals surface area contributed by atoms with Gasteiger partial charge in [0.2, 0.25) is 0 Å². The summed E-state index contributed by atoms with van der Waals surface area (Å²) in [6.45, 7) is 14.7. The van der Waals surface area contributed by atoms with Gasteiger partial charge in [-0.2, -0.15) is 0 Å². The lowest BCUT2D eigenvalue weighted by Crippen LogP contribution is -2.48. The molecule has 4 aliphatic rings. The van der Waals surface area contributed by atoms with Crippen LogP contribution in [-0.4, -0.2) is 11.2 Å². The molecule has 0 spiro atoms. The maximum atomic E-state index is 10.3. The Hall–Kier alpha value is -0.560. The molecule has 0 amide bonds. The van der Waals surface area contributed by atoms with Gasteiger partial charge in [0.25, 0.3) is 0 Å². The largest absolute Gasteiger partial charge is 0.393 e. The molecule has 30 heavy (non-hydrogen) atoms. The highest BCUT2D eigenvalue weighted by atomic mass is 16.3. The number of fused-ring (bicyclic) bond motifs is 4. The molecule has 3 saturated carbocycles. The molecule has 0 bridgehead atoms. The average molecular weight is 413 g/mol. The van der Waals surface area contributed by atoms with E-state index in [4.69, 9.17) is 0 Å². The lowest BCUT2D eigenvalue weighted by molar-refractivity contribution is -0.0381. The first-order valence-electron chi connectivity index (χ1n) is 13.3. The number of rotatable bonds is 5. The summed E-state index contributed by atoms with van der Waals surface area (Å²) in [4.78, 5) is 0. The number of hydrogen-bond acceptors (Lipinski definition) is 1. The third kappa shape index (κ3) is 3.66. The molecule has 1 nitrogen and oxygen atoms in total. The molecule has 0 aromatic rings. The molecule has 3 fully saturated rings. The van der Waals surface area contributed by atoms with E-state index in [9.17, 15) is 5.11 Å². The van der Waals surface area contributed by atoms with Gasteiger partial charge in [-0.25, -0.2) is 0 Å². The zero-order chi connectivity index (χ0) is 21.7. The minimum absolute atomic E-state index is 0.0317. The summed E-state index contributed by atoms with van der Waals surface area (Å²) in [6.07, 6.45) is 16.6. The maximum Gasteiger partial charge on any atom is 0.0543 e. The highest BCUT2D eigenvalue weighted by Gasteiger charge is 2.55. The molecule has 0 heterocycles. The van der Waals surface area contributed by atoms with E-state index in [0.29, 0.717) is 16.7 Å². The van der Waals surface area contributed by atoms with E-state index in [2.05, 4.69) is 47.6 Å². The molecule has 0 aromatic heterocycles. The first-order chi connectivity index (χ1) is 14.2. The van der Waals surface area contributed by atoms with Crippen molar-refractivity contribution in [3.05, 3.63) is 22.8 Å². The molecule has 0 aromatic carbocycles. The fourth-order valence-electron chi connectivity index (χ4n) is 8.78. The monoisotopic (exact) mass is 412 g/mol. The van der Waals surface area contributed by atoms with Crippen LogP contribution in [0.5, 0.6) is 0 Å². The Balaban J connectivity index is 1.53. The van der Waals surface area contributed by atoms with Gasteiger partial charge in [-0.15, -0.1) is 0 Å². The highest BCUT2D eigenvalue weighted by Crippen LogP contribution is 2.65. The highest BCUT2D eigenvalue weighted by molar-refractivity contribution is 5.34. The van der Waals surface area contributed by atoms with Crippen molar-refractivity contribution < 1.29 is 5.11 Å². The maximum absolute atomic E-state index is 10.3. The first-order valence-corrected chi connectivity index (χ1v) is 13.3. The predicted octanol–water partition coefficient (Wildman–Crippen LogP) is 8.09. The van der Waals surface area contributed by atoms with E-state index < -0.39 is 0 Å². The van der Waals surface area contributed by atoms with Crippen LogP contribution in [0.1, 0.15) is 112 Å². The van der Waals surface area contributed by atoms with Gasteiger partial charge in [0.15, 0.2) is 0 Å². The van der Waals surface area contributed by atoms with Crippen molar-refractivity contribution >= 4 is 0 Å². The number of allylic oxidation sites excluding steroid dienone is 4. The van der Waals surface area contributed by atoms with Crippen molar-refractivity contribution in [1.29, 1.82) is 0 Å². The number of aliphatic hydroxyl groups excluding tert-OH is 1. The Bertz CT molecular complexity index is 699. The summed E-state index contributed by atoms with van der Waals surface area (Å²) in [5, 5.41) is 10.3.